The lowest BCUT2D eigenvalue weighted by molar-refractivity contribution is -0.127. The Hall–Kier alpha value is -0.610. The van der Waals surface area contributed by atoms with Crippen molar-refractivity contribution in [2.45, 2.75) is 26.3 Å². The van der Waals surface area contributed by atoms with Crippen molar-refractivity contribution in [3.8, 4) is 0 Å². The van der Waals surface area contributed by atoms with Gasteiger partial charge in [-0.05, 0) is 26.3 Å². The second-order valence-electron chi connectivity index (χ2n) is 4.77. The van der Waals surface area contributed by atoms with E-state index in [1.807, 2.05) is 13.8 Å². The molecule has 4 heteroatoms. The molecule has 4 nitrogen and oxygen atoms in total. The van der Waals surface area contributed by atoms with Crippen LogP contribution in [0.15, 0.2) is 0 Å². The average molecular weight is 200 g/mol. The Morgan fingerprint density at radius 1 is 1.57 bits per heavy atom. The maximum atomic E-state index is 11.8. The van der Waals surface area contributed by atoms with Crippen LogP contribution in [0.3, 0.4) is 0 Å². The number of hydrogen-bond acceptors (Lipinski definition) is 3. The third-order valence-electron chi connectivity index (χ3n) is 2.71. The van der Waals surface area contributed by atoms with E-state index < -0.39 is 5.54 Å². The van der Waals surface area contributed by atoms with Gasteiger partial charge in [0.25, 0.3) is 0 Å². The van der Waals surface area contributed by atoms with Crippen LogP contribution < -0.4 is 10.6 Å². The fourth-order valence-electron chi connectivity index (χ4n) is 1.63. The molecule has 14 heavy (non-hydrogen) atoms. The molecule has 1 aliphatic rings. The summed E-state index contributed by atoms with van der Waals surface area (Å²) in [6, 6.07) is 0. The van der Waals surface area contributed by atoms with Gasteiger partial charge >= 0.3 is 0 Å². The molecule has 0 aliphatic carbocycles. The smallest absolute Gasteiger partial charge is 0.225 e. The number of carbonyl (C=O) groups excluding carboxylic acids is 1. The van der Waals surface area contributed by atoms with Crippen molar-refractivity contribution in [2.75, 3.05) is 19.7 Å². The molecule has 1 rings (SSSR count). The van der Waals surface area contributed by atoms with Crippen LogP contribution in [0.1, 0.15) is 20.8 Å². The number of aliphatic hydroxyl groups excluding tert-OH is 1. The lowest BCUT2D eigenvalue weighted by Crippen LogP contribution is -2.49. The first-order valence-electron chi connectivity index (χ1n) is 5.10. The van der Waals surface area contributed by atoms with Crippen LogP contribution in [0.25, 0.3) is 0 Å². The predicted octanol–water partition coefficient (Wildman–Crippen LogP) is -0.271. The molecule has 1 amide bonds. The van der Waals surface area contributed by atoms with Gasteiger partial charge < -0.3 is 15.7 Å². The number of nitrogens with one attached hydrogen (secondary N) is 2. The Morgan fingerprint density at radius 2 is 2.21 bits per heavy atom. The van der Waals surface area contributed by atoms with E-state index in [-0.39, 0.29) is 18.4 Å². The van der Waals surface area contributed by atoms with E-state index in [9.17, 15) is 4.79 Å². The van der Waals surface area contributed by atoms with Gasteiger partial charge in [0.05, 0.1) is 18.1 Å². The standard InChI is InChI=1S/C10H20N2O2/c1-7-4-11-5-8(7)9(14)12-10(2,3)6-13/h7-8,11,13H,4-6H2,1-3H3,(H,12,14)/t7-,8-/m1/s1. The number of hydrogen-bond donors (Lipinski definition) is 3. The van der Waals surface area contributed by atoms with E-state index in [0.29, 0.717) is 5.92 Å². The summed E-state index contributed by atoms with van der Waals surface area (Å²) in [6.45, 7) is 7.31. The van der Waals surface area contributed by atoms with Gasteiger partial charge in [-0.3, -0.25) is 4.79 Å². The monoisotopic (exact) mass is 200 g/mol. The highest BCUT2D eigenvalue weighted by Crippen LogP contribution is 2.16. The van der Waals surface area contributed by atoms with E-state index in [1.54, 1.807) is 0 Å². The molecule has 1 fully saturated rings. The molecule has 0 unspecified atom stereocenters. The van der Waals surface area contributed by atoms with E-state index in [1.165, 1.54) is 0 Å². The molecule has 2 atom stereocenters. The highest BCUT2D eigenvalue weighted by molar-refractivity contribution is 5.80. The van der Waals surface area contributed by atoms with Crippen LogP contribution in [0, 0.1) is 11.8 Å². The van der Waals surface area contributed by atoms with Gasteiger partial charge in [0.1, 0.15) is 0 Å². The van der Waals surface area contributed by atoms with Gasteiger partial charge in [0.15, 0.2) is 0 Å². The van der Waals surface area contributed by atoms with Crippen LogP contribution >= 0.6 is 0 Å². The zero-order valence-electron chi connectivity index (χ0n) is 9.13. The number of carbonyl (C=O) groups is 1. The molecule has 1 heterocycles. The summed E-state index contributed by atoms with van der Waals surface area (Å²) in [7, 11) is 0. The predicted molar refractivity (Wildman–Crippen MR) is 54.8 cm³/mol. The van der Waals surface area contributed by atoms with Gasteiger partial charge in [-0.25, -0.2) is 0 Å². The highest BCUT2D eigenvalue weighted by atomic mass is 16.3. The average Bonchev–Trinajstić information content (AvgIpc) is 2.51. The molecule has 0 aromatic rings. The van der Waals surface area contributed by atoms with Crippen molar-refractivity contribution in [2.24, 2.45) is 11.8 Å². The van der Waals surface area contributed by atoms with E-state index in [2.05, 4.69) is 17.6 Å². The molecule has 0 bridgehead atoms. The molecule has 0 radical (unpaired) electrons. The lowest BCUT2D eigenvalue weighted by Gasteiger charge is -2.26. The second-order valence-corrected chi connectivity index (χ2v) is 4.77. The summed E-state index contributed by atoms with van der Waals surface area (Å²) in [5.41, 5.74) is -0.514. The number of aliphatic hydroxyl groups is 1. The Labute approximate surface area is 85.1 Å². The topological polar surface area (TPSA) is 61.4 Å². The Balaban J connectivity index is 2.49. The van der Waals surface area contributed by atoms with Crippen molar-refractivity contribution in [1.29, 1.82) is 0 Å². The zero-order valence-corrected chi connectivity index (χ0v) is 9.13. The molecular weight excluding hydrogens is 180 g/mol. The maximum Gasteiger partial charge on any atom is 0.225 e. The Bertz CT molecular complexity index is 216. The maximum absolute atomic E-state index is 11.8. The van der Waals surface area contributed by atoms with Crippen molar-refractivity contribution < 1.29 is 9.90 Å². The first kappa shape index (κ1) is 11.5. The van der Waals surface area contributed by atoms with Crippen LogP contribution in [0.5, 0.6) is 0 Å². The van der Waals surface area contributed by atoms with Gasteiger partial charge in [-0.1, -0.05) is 6.92 Å². The minimum atomic E-state index is -0.514. The summed E-state index contributed by atoms with van der Waals surface area (Å²) >= 11 is 0. The summed E-state index contributed by atoms with van der Waals surface area (Å²) in [6.07, 6.45) is 0. The minimum Gasteiger partial charge on any atom is -0.394 e. The summed E-state index contributed by atoms with van der Waals surface area (Å²) < 4.78 is 0. The van der Waals surface area contributed by atoms with Crippen molar-refractivity contribution >= 4 is 5.91 Å². The SMILES string of the molecule is C[C@@H]1CNC[C@H]1C(=O)NC(C)(C)CO. The van der Waals surface area contributed by atoms with Crippen molar-refractivity contribution in [3.63, 3.8) is 0 Å². The molecular formula is C10H20N2O2. The normalized spacial score (nSPS) is 27.7. The Kier molecular flexibility index (Phi) is 3.50. The van der Waals surface area contributed by atoms with E-state index in [4.69, 9.17) is 5.11 Å². The van der Waals surface area contributed by atoms with Crippen molar-refractivity contribution in [3.05, 3.63) is 0 Å². The lowest BCUT2D eigenvalue weighted by atomic mass is 9.95. The van der Waals surface area contributed by atoms with Crippen LogP contribution in [0.2, 0.25) is 0 Å². The van der Waals surface area contributed by atoms with E-state index in [0.717, 1.165) is 13.1 Å². The Morgan fingerprint density at radius 3 is 2.64 bits per heavy atom. The quantitative estimate of drug-likeness (QED) is 0.587. The largest absolute Gasteiger partial charge is 0.394 e. The van der Waals surface area contributed by atoms with Crippen molar-refractivity contribution in [1.82, 2.24) is 10.6 Å². The second kappa shape index (κ2) is 4.28. The van der Waals surface area contributed by atoms with Crippen LogP contribution in [-0.2, 0) is 4.79 Å². The third kappa shape index (κ3) is 2.69. The zero-order chi connectivity index (χ0) is 10.8. The number of rotatable bonds is 3. The first-order valence-corrected chi connectivity index (χ1v) is 5.10. The first-order chi connectivity index (χ1) is 6.46. The van der Waals surface area contributed by atoms with E-state index >= 15 is 0 Å². The van der Waals surface area contributed by atoms with Crippen LogP contribution in [0.4, 0.5) is 0 Å². The number of amides is 1. The van der Waals surface area contributed by atoms with Gasteiger partial charge in [0, 0.05) is 6.54 Å². The van der Waals surface area contributed by atoms with Gasteiger partial charge in [0.2, 0.25) is 5.91 Å². The highest BCUT2D eigenvalue weighted by Gasteiger charge is 2.32. The molecule has 82 valence electrons. The van der Waals surface area contributed by atoms with Gasteiger partial charge in [-0.2, -0.15) is 0 Å². The summed E-state index contributed by atoms with van der Waals surface area (Å²) in [4.78, 5) is 11.8. The fraction of sp³-hybridized carbons (Fsp3) is 0.900. The van der Waals surface area contributed by atoms with Gasteiger partial charge in [-0.15, -0.1) is 0 Å². The fourth-order valence-corrected chi connectivity index (χ4v) is 1.63. The minimum absolute atomic E-state index is 0.0345. The molecule has 3 N–H and O–H groups in total. The molecule has 0 saturated carbocycles. The molecule has 0 spiro atoms. The van der Waals surface area contributed by atoms with Crippen LogP contribution in [-0.4, -0.2) is 36.2 Å². The summed E-state index contributed by atoms with van der Waals surface area (Å²) in [5.74, 6) is 0.465. The molecule has 1 saturated heterocycles. The molecule has 0 aromatic carbocycles. The molecule has 0 aromatic heterocycles. The molecule has 1 aliphatic heterocycles. The third-order valence-corrected chi connectivity index (χ3v) is 2.71. The summed E-state index contributed by atoms with van der Waals surface area (Å²) in [5, 5.41) is 15.1.